The first kappa shape index (κ1) is 14.1. The molecule has 102 valence electrons. The lowest BCUT2D eigenvalue weighted by Crippen LogP contribution is -2.48. The molecular formula is C14H16BrNO3. The second-order valence-corrected chi connectivity index (χ2v) is 5.91. The van der Waals surface area contributed by atoms with Gasteiger partial charge in [-0.05, 0) is 49.9 Å². The largest absolute Gasteiger partial charge is 0.480 e. The van der Waals surface area contributed by atoms with Gasteiger partial charge in [0.05, 0.1) is 0 Å². The number of amides is 1. The zero-order valence-electron chi connectivity index (χ0n) is 10.9. The summed E-state index contributed by atoms with van der Waals surface area (Å²) < 4.78 is 1.00. The maximum absolute atomic E-state index is 12.2. The number of carbonyl (C=O) groups is 2. The summed E-state index contributed by atoms with van der Waals surface area (Å²) in [5.74, 6) is -1.44. The van der Waals surface area contributed by atoms with Crippen LogP contribution >= 0.6 is 15.9 Å². The Kier molecular flexibility index (Phi) is 3.67. The fraction of sp³-hybridized carbons (Fsp3) is 0.429. The van der Waals surface area contributed by atoms with Crippen LogP contribution in [0.5, 0.6) is 0 Å². The normalized spacial score (nSPS) is 16.6. The lowest BCUT2D eigenvalue weighted by molar-refractivity contribution is -0.159. The van der Waals surface area contributed by atoms with Gasteiger partial charge in [-0.25, -0.2) is 0 Å². The van der Waals surface area contributed by atoms with Gasteiger partial charge in [-0.1, -0.05) is 22.4 Å². The van der Waals surface area contributed by atoms with E-state index >= 15 is 0 Å². The third-order valence-electron chi connectivity index (χ3n) is 3.75. The van der Waals surface area contributed by atoms with Crippen LogP contribution < -0.4 is 5.32 Å². The molecule has 0 spiro atoms. The molecule has 1 saturated carbocycles. The van der Waals surface area contributed by atoms with E-state index in [9.17, 15) is 14.7 Å². The summed E-state index contributed by atoms with van der Waals surface area (Å²) in [5, 5.41) is 12.0. The molecule has 1 aromatic carbocycles. The Morgan fingerprint density at radius 1 is 1.26 bits per heavy atom. The minimum absolute atomic E-state index is 0.410. The lowest BCUT2D eigenvalue weighted by Gasteiger charge is -2.35. The SMILES string of the molecule is Cc1cc(NC(=O)C2(C(=O)O)CCC2)cc(C)c1Br. The van der Waals surface area contributed by atoms with Crippen LogP contribution in [0.15, 0.2) is 16.6 Å². The van der Waals surface area contributed by atoms with Crippen LogP contribution in [0.4, 0.5) is 5.69 Å². The van der Waals surface area contributed by atoms with Crippen molar-refractivity contribution in [3.05, 3.63) is 27.7 Å². The molecule has 0 bridgehead atoms. The second kappa shape index (κ2) is 4.96. The molecule has 0 heterocycles. The number of aliphatic carboxylic acids is 1. The van der Waals surface area contributed by atoms with E-state index in [-0.39, 0.29) is 0 Å². The van der Waals surface area contributed by atoms with Gasteiger partial charge in [0, 0.05) is 10.2 Å². The van der Waals surface area contributed by atoms with Crippen molar-refractivity contribution in [3.63, 3.8) is 0 Å². The van der Waals surface area contributed by atoms with Crippen molar-refractivity contribution in [2.45, 2.75) is 33.1 Å². The molecule has 1 fully saturated rings. The van der Waals surface area contributed by atoms with E-state index < -0.39 is 17.3 Å². The molecule has 2 N–H and O–H groups in total. The van der Waals surface area contributed by atoms with Crippen molar-refractivity contribution in [1.29, 1.82) is 0 Å². The van der Waals surface area contributed by atoms with Crippen LogP contribution in [-0.2, 0) is 9.59 Å². The zero-order valence-corrected chi connectivity index (χ0v) is 12.5. The molecule has 4 nitrogen and oxygen atoms in total. The molecule has 0 aromatic heterocycles. The Morgan fingerprint density at radius 2 is 1.79 bits per heavy atom. The number of carboxylic acid groups (broad SMARTS) is 1. The van der Waals surface area contributed by atoms with Gasteiger partial charge in [0.1, 0.15) is 5.41 Å². The van der Waals surface area contributed by atoms with Crippen LogP contribution in [0.3, 0.4) is 0 Å². The van der Waals surface area contributed by atoms with Crippen molar-refractivity contribution in [2.75, 3.05) is 5.32 Å². The Balaban J connectivity index is 2.22. The summed E-state index contributed by atoms with van der Waals surface area (Å²) in [7, 11) is 0. The van der Waals surface area contributed by atoms with Crippen LogP contribution in [0.25, 0.3) is 0 Å². The summed E-state index contributed by atoms with van der Waals surface area (Å²) in [6.07, 6.45) is 1.63. The molecule has 0 atom stereocenters. The molecule has 1 amide bonds. The van der Waals surface area contributed by atoms with Crippen molar-refractivity contribution in [1.82, 2.24) is 0 Å². The van der Waals surface area contributed by atoms with Crippen molar-refractivity contribution < 1.29 is 14.7 Å². The fourth-order valence-corrected chi connectivity index (χ4v) is 2.57. The Bertz CT molecular complexity index is 527. The van der Waals surface area contributed by atoms with Gasteiger partial charge in [-0.15, -0.1) is 0 Å². The van der Waals surface area contributed by atoms with Gasteiger partial charge in [0.2, 0.25) is 5.91 Å². The first-order chi connectivity index (χ1) is 8.86. The van der Waals surface area contributed by atoms with Gasteiger partial charge >= 0.3 is 5.97 Å². The van der Waals surface area contributed by atoms with E-state index in [0.717, 1.165) is 22.0 Å². The molecule has 5 heteroatoms. The third-order valence-corrected chi connectivity index (χ3v) is 5.00. The molecule has 1 aliphatic carbocycles. The highest BCUT2D eigenvalue weighted by atomic mass is 79.9. The molecule has 0 unspecified atom stereocenters. The quantitative estimate of drug-likeness (QED) is 0.838. The van der Waals surface area contributed by atoms with Gasteiger partial charge in [-0.2, -0.15) is 0 Å². The highest BCUT2D eigenvalue weighted by Gasteiger charge is 2.51. The highest BCUT2D eigenvalue weighted by Crippen LogP contribution is 2.42. The number of carboxylic acids is 1. The third kappa shape index (κ3) is 2.39. The Hall–Kier alpha value is -1.36. The average molecular weight is 326 g/mol. The zero-order chi connectivity index (χ0) is 14.2. The topological polar surface area (TPSA) is 66.4 Å². The van der Waals surface area contributed by atoms with E-state index in [1.165, 1.54) is 0 Å². The van der Waals surface area contributed by atoms with Crippen LogP contribution in [0.2, 0.25) is 0 Å². The number of hydrogen-bond donors (Lipinski definition) is 2. The first-order valence-corrected chi connectivity index (χ1v) is 6.98. The maximum atomic E-state index is 12.2. The maximum Gasteiger partial charge on any atom is 0.319 e. The molecule has 19 heavy (non-hydrogen) atoms. The molecule has 2 rings (SSSR count). The predicted octanol–water partition coefficient (Wildman–Crippen LogP) is 3.26. The van der Waals surface area contributed by atoms with Gasteiger partial charge in [-0.3, -0.25) is 9.59 Å². The highest BCUT2D eigenvalue weighted by molar-refractivity contribution is 9.10. The molecule has 0 aliphatic heterocycles. The predicted molar refractivity (Wildman–Crippen MR) is 76.2 cm³/mol. The molecule has 0 saturated heterocycles. The van der Waals surface area contributed by atoms with Gasteiger partial charge in [0.25, 0.3) is 0 Å². The summed E-state index contributed by atoms with van der Waals surface area (Å²) in [5.41, 5.74) is 1.44. The fourth-order valence-electron chi connectivity index (χ4n) is 2.34. The van der Waals surface area contributed by atoms with E-state index in [0.29, 0.717) is 18.5 Å². The number of carbonyl (C=O) groups excluding carboxylic acids is 1. The lowest BCUT2D eigenvalue weighted by atomic mass is 9.68. The molecular weight excluding hydrogens is 310 g/mol. The van der Waals surface area contributed by atoms with Gasteiger partial charge < -0.3 is 10.4 Å². The van der Waals surface area contributed by atoms with E-state index in [1.54, 1.807) is 0 Å². The van der Waals surface area contributed by atoms with Crippen LogP contribution in [0.1, 0.15) is 30.4 Å². The number of hydrogen-bond acceptors (Lipinski definition) is 2. The smallest absolute Gasteiger partial charge is 0.319 e. The van der Waals surface area contributed by atoms with Crippen molar-refractivity contribution >= 4 is 33.5 Å². The average Bonchev–Trinajstić information content (AvgIpc) is 2.23. The van der Waals surface area contributed by atoms with Crippen molar-refractivity contribution in [2.24, 2.45) is 5.41 Å². The summed E-state index contributed by atoms with van der Waals surface area (Å²) in [6, 6.07) is 3.67. The van der Waals surface area contributed by atoms with E-state index in [4.69, 9.17) is 0 Å². The minimum atomic E-state index is -1.23. The summed E-state index contributed by atoms with van der Waals surface area (Å²) in [6.45, 7) is 3.87. The first-order valence-electron chi connectivity index (χ1n) is 6.18. The summed E-state index contributed by atoms with van der Waals surface area (Å²) in [4.78, 5) is 23.4. The van der Waals surface area contributed by atoms with Crippen LogP contribution in [-0.4, -0.2) is 17.0 Å². The molecule has 1 aromatic rings. The number of benzene rings is 1. The van der Waals surface area contributed by atoms with Crippen molar-refractivity contribution in [3.8, 4) is 0 Å². The number of halogens is 1. The van der Waals surface area contributed by atoms with Gasteiger partial charge in [0.15, 0.2) is 0 Å². The second-order valence-electron chi connectivity index (χ2n) is 5.12. The monoisotopic (exact) mass is 325 g/mol. The number of aryl methyl sites for hydroxylation is 2. The standard InChI is InChI=1S/C14H16BrNO3/c1-8-6-10(7-9(2)11(8)15)16-12(17)14(13(18)19)4-3-5-14/h6-7H,3-5H2,1-2H3,(H,16,17)(H,18,19). The Morgan fingerprint density at radius 3 is 2.16 bits per heavy atom. The van der Waals surface area contributed by atoms with Crippen LogP contribution in [0, 0.1) is 19.3 Å². The summed E-state index contributed by atoms with van der Waals surface area (Å²) >= 11 is 3.46. The van der Waals surface area contributed by atoms with E-state index in [1.807, 2.05) is 26.0 Å². The molecule has 0 radical (unpaired) electrons. The minimum Gasteiger partial charge on any atom is -0.480 e. The number of anilines is 1. The molecule has 1 aliphatic rings. The number of nitrogens with one attached hydrogen (secondary N) is 1. The number of rotatable bonds is 3. The van der Waals surface area contributed by atoms with E-state index in [2.05, 4.69) is 21.2 Å². The Labute approximate surface area is 120 Å².